The van der Waals surface area contributed by atoms with Gasteiger partial charge in [0.25, 0.3) is 0 Å². The first-order chi connectivity index (χ1) is 8.16. The van der Waals surface area contributed by atoms with Crippen LogP contribution in [0, 0.1) is 5.82 Å². The molecule has 0 amide bonds. The van der Waals surface area contributed by atoms with Crippen LogP contribution in [-0.2, 0) is 6.54 Å². The summed E-state index contributed by atoms with van der Waals surface area (Å²) in [5.74, 6) is -0.301. The number of benzene rings is 1. The summed E-state index contributed by atoms with van der Waals surface area (Å²) in [6, 6.07) is 5.74. The van der Waals surface area contributed by atoms with E-state index in [1.165, 1.54) is 25.7 Å². The Morgan fingerprint density at radius 1 is 1.35 bits per heavy atom. The summed E-state index contributed by atoms with van der Waals surface area (Å²) in [7, 11) is 0. The van der Waals surface area contributed by atoms with E-state index < -0.39 is 0 Å². The third-order valence-corrected chi connectivity index (χ3v) is 3.64. The van der Waals surface area contributed by atoms with Gasteiger partial charge in [-0.25, -0.2) is 4.39 Å². The first-order valence-corrected chi connectivity index (χ1v) is 6.45. The minimum absolute atomic E-state index is 0.234. The quantitative estimate of drug-likeness (QED) is 0.799. The molecule has 1 aromatic rings. The number of rotatable bonds is 2. The molecular formula is C14H21FN2. The van der Waals surface area contributed by atoms with Crippen LogP contribution in [-0.4, -0.2) is 17.5 Å². The van der Waals surface area contributed by atoms with E-state index in [0.717, 1.165) is 18.7 Å². The zero-order valence-corrected chi connectivity index (χ0v) is 10.5. The van der Waals surface area contributed by atoms with Gasteiger partial charge in [0.2, 0.25) is 0 Å². The second kappa shape index (κ2) is 5.50. The molecule has 17 heavy (non-hydrogen) atoms. The number of halogens is 1. The average molecular weight is 236 g/mol. The second-order valence-electron chi connectivity index (χ2n) is 5.02. The fraction of sp³-hybridized carbons (Fsp3) is 0.571. The first-order valence-electron chi connectivity index (χ1n) is 6.45. The highest BCUT2D eigenvalue weighted by molar-refractivity contribution is 5.41. The fourth-order valence-corrected chi connectivity index (χ4v) is 2.47. The standard InChI is InChI=1S/C14H21FN2/c1-11-5-3-2-4-8-17(11)10-12-6-7-14(16)13(15)9-12/h6-7,9,11H,2-5,8,10,16H2,1H3. The zero-order valence-electron chi connectivity index (χ0n) is 10.5. The van der Waals surface area contributed by atoms with E-state index in [-0.39, 0.29) is 11.5 Å². The summed E-state index contributed by atoms with van der Waals surface area (Å²) in [6.45, 7) is 4.21. The topological polar surface area (TPSA) is 29.3 Å². The predicted molar refractivity (Wildman–Crippen MR) is 69.2 cm³/mol. The lowest BCUT2D eigenvalue weighted by Crippen LogP contribution is -2.31. The molecule has 2 N–H and O–H groups in total. The summed E-state index contributed by atoms with van der Waals surface area (Å²) in [5.41, 5.74) is 6.74. The average Bonchev–Trinajstić information content (AvgIpc) is 2.50. The molecule has 1 fully saturated rings. The van der Waals surface area contributed by atoms with Gasteiger partial charge in [0.05, 0.1) is 5.69 Å². The maximum Gasteiger partial charge on any atom is 0.146 e. The summed E-state index contributed by atoms with van der Waals surface area (Å²) in [5, 5.41) is 0. The molecule has 1 aromatic carbocycles. The number of hydrogen-bond acceptors (Lipinski definition) is 2. The Kier molecular flexibility index (Phi) is 4.00. The van der Waals surface area contributed by atoms with Crippen LogP contribution in [0.15, 0.2) is 18.2 Å². The van der Waals surface area contributed by atoms with Crippen molar-refractivity contribution in [3.63, 3.8) is 0 Å². The highest BCUT2D eigenvalue weighted by Crippen LogP contribution is 2.20. The molecular weight excluding hydrogens is 215 g/mol. The van der Waals surface area contributed by atoms with Crippen molar-refractivity contribution in [2.45, 2.75) is 45.2 Å². The van der Waals surface area contributed by atoms with Gasteiger partial charge in [0.1, 0.15) is 5.82 Å². The van der Waals surface area contributed by atoms with E-state index in [9.17, 15) is 4.39 Å². The molecule has 2 rings (SSSR count). The number of nitrogen functional groups attached to an aromatic ring is 1. The van der Waals surface area contributed by atoms with Crippen molar-refractivity contribution in [3.8, 4) is 0 Å². The maximum atomic E-state index is 13.4. The molecule has 0 saturated carbocycles. The molecule has 94 valence electrons. The van der Waals surface area contributed by atoms with Crippen LogP contribution in [0.1, 0.15) is 38.2 Å². The number of likely N-dealkylation sites (tertiary alicyclic amines) is 1. The van der Waals surface area contributed by atoms with Crippen molar-refractivity contribution >= 4 is 5.69 Å². The summed E-state index contributed by atoms with van der Waals surface area (Å²) in [4.78, 5) is 2.44. The van der Waals surface area contributed by atoms with Crippen LogP contribution in [0.5, 0.6) is 0 Å². The SMILES string of the molecule is CC1CCCCCN1Cc1ccc(N)c(F)c1. The van der Waals surface area contributed by atoms with E-state index >= 15 is 0 Å². The van der Waals surface area contributed by atoms with Gasteiger partial charge in [-0.15, -0.1) is 0 Å². The zero-order chi connectivity index (χ0) is 12.3. The molecule has 0 spiro atoms. The Balaban J connectivity index is 2.05. The van der Waals surface area contributed by atoms with Crippen molar-refractivity contribution in [3.05, 3.63) is 29.6 Å². The van der Waals surface area contributed by atoms with Crippen molar-refractivity contribution in [2.24, 2.45) is 0 Å². The lowest BCUT2D eigenvalue weighted by molar-refractivity contribution is 0.204. The highest BCUT2D eigenvalue weighted by atomic mass is 19.1. The Hall–Kier alpha value is -1.09. The Bertz CT molecular complexity index is 378. The minimum Gasteiger partial charge on any atom is -0.396 e. The second-order valence-corrected chi connectivity index (χ2v) is 5.02. The van der Waals surface area contributed by atoms with Gasteiger partial charge in [-0.05, 0) is 44.0 Å². The predicted octanol–water partition coefficient (Wildman–Crippen LogP) is 3.17. The number of nitrogens with two attached hydrogens (primary N) is 1. The van der Waals surface area contributed by atoms with E-state index in [4.69, 9.17) is 5.73 Å². The van der Waals surface area contributed by atoms with Gasteiger partial charge in [0.15, 0.2) is 0 Å². The van der Waals surface area contributed by atoms with Gasteiger partial charge < -0.3 is 5.73 Å². The molecule has 0 radical (unpaired) electrons. The van der Waals surface area contributed by atoms with E-state index in [1.807, 2.05) is 6.07 Å². The van der Waals surface area contributed by atoms with Crippen LogP contribution >= 0.6 is 0 Å². The van der Waals surface area contributed by atoms with Crippen molar-refractivity contribution in [1.82, 2.24) is 4.90 Å². The van der Waals surface area contributed by atoms with Gasteiger partial charge in [0, 0.05) is 12.6 Å². The molecule has 1 atom stereocenters. The number of anilines is 1. The van der Waals surface area contributed by atoms with E-state index in [2.05, 4.69) is 11.8 Å². The highest BCUT2D eigenvalue weighted by Gasteiger charge is 2.17. The third-order valence-electron chi connectivity index (χ3n) is 3.64. The Morgan fingerprint density at radius 2 is 2.18 bits per heavy atom. The maximum absolute atomic E-state index is 13.4. The molecule has 1 aliphatic rings. The van der Waals surface area contributed by atoms with Gasteiger partial charge in [-0.2, -0.15) is 0 Å². The van der Waals surface area contributed by atoms with Crippen LogP contribution in [0.2, 0.25) is 0 Å². The van der Waals surface area contributed by atoms with E-state index in [0.29, 0.717) is 6.04 Å². The summed E-state index contributed by atoms with van der Waals surface area (Å²) >= 11 is 0. The molecule has 1 aliphatic heterocycles. The van der Waals surface area contributed by atoms with Crippen LogP contribution in [0.25, 0.3) is 0 Å². The molecule has 1 unspecified atom stereocenters. The lowest BCUT2D eigenvalue weighted by atomic mass is 10.1. The molecule has 1 heterocycles. The van der Waals surface area contributed by atoms with Gasteiger partial charge in [-0.1, -0.05) is 18.9 Å². The van der Waals surface area contributed by atoms with Crippen molar-refractivity contribution in [2.75, 3.05) is 12.3 Å². The largest absolute Gasteiger partial charge is 0.396 e. The molecule has 2 nitrogen and oxygen atoms in total. The lowest BCUT2D eigenvalue weighted by Gasteiger charge is -2.26. The van der Waals surface area contributed by atoms with Crippen LogP contribution < -0.4 is 5.73 Å². The molecule has 3 heteroatoms. The van der Waals surface area contributed by atoms with E-state index in [1.54, 1.807) is 12.1 Å². The van der Waals surface area contributed by atoms with Crippen molar-refractivity contribution < 1.29 is 4.39 Å². The van der Waals surface area contributed by atoms with Crippen LogP contribution in [0.3, 0.4) is 0 Å². The van der Waals surface area contributed by atoms with Gasteiger partial charge in [-0.3, -0.25) is 4.90 Å². The number of nitrogens with zero attached hydrogens (tertiary/aromatic N) is 1. The Labute approximate surface area is 103 Å². The molecule has 0 aromatic heterocycles. The minimum atomic E-state index is -0.301. The molecule has 1 saturated heterocycles. The third kappa shape index (κ3) is 3.19. The van der Waals surface area contributed by atoms with Crippen molar-refractivity contribution in [1.29, 1.82) is 0 Å². The molecule has 0 bridgehead atoms. The normalized spacial score (nSPS) is 22.4. The number of hydrogen-bond donors (Lipinski definition) is 1. The molecule has 0 aliphatic carbocycles. The Morgan fingerprint density at radius 3 is 2.94 bits per heavy atom. The van der Waals surface area contributed by atoms with Crippen LogP contribution in [0.4, 0.5) is 10.1 Å². The fourth-order valence-electron chi connectivity index (χ4n) is 2.47. The van der Waals surface area contributed by atoms with Gasteiger partial charge >= 0.3 is 0 Å². The monoisotopic (exact) mass is 236 g/mol. The smallest absolute Gasteiger partial charge is 0.146 e. The summed E-state index contributed by atoms with van der Waals surface area (Å²) in [6.07, 6.45) is 5.13. The first kappa shape index (κ1) is 12.4. The summed E-state index contributed by atoms with van der Waals surface area (Å²) < 4.78 is 13.4.